The van der Waals surface area contributed by atoms with Crippen LogP contribution in [0.1, 0.15) is 22.3 Å². The van der Waals surface area contributed by atoms with Crippen molar-refractivity contribution in [3.8, 4) is 0 Å². The van der Waals surface area contributed by atoms with E-state index in [1.165, 1.54) is 12.1 Å². The summed E-state index contributed by atoms with van der Waals surface area (Å²) in [5.74, 6) is -0.459. The van der Waals surface area contributed by atoms with Gasteiger partial charge < -0.3 is 4.90 Å². The van der Waals surface area contributed by atoms with Crippen LogP contribution in [-0.2, 0) is 16.6 Å². The van der Waals surface area contributed by atoms with Gasteiger partial charge in [-0.1, -0.05) is 35.9 Å². The fraction of sp³-hybridized carbons (Fsp3) is 0.214. The zero-order valence-corrected chi connectivity index (χ0v) is 22.1. The minimum Gasteiger partial charge on any atom is -0.337 e. The van der Waals surface area contributed by atoms with Crippen LogP contribution in [0.4, 0.5) is 10.1 Å². The van der Waals surface area contributed by atoms with Gasteiger partial charge in [0.25, 0.3) is 15.9 Å². The number of amides is 1. The van der Waals surface area contributed by atoms with Gasteiger partial charge >= 0.3 is 0 Å². The Balaban J connectivity index is 1.23. The van der Waals surface area contributed by atoms with Crippen LogP contribution < -0.4 is 4.72 Å². The van der Waals surface area contributed by atoms with Crippen molar-refractivity contribution in [2.75, 3.05) is 30.9 Å². The molecular weight excluding hydrogens is 527 g/mol. The number of fused-ring (bicyclic) bond motifs is 1. The van der Waals surface area contributed by atoms with E-state index >= 15 is 0 Å². The molecule has 0 saturated carbocycles. The Morgan fingerprint density at radius 2 is 1.76 bits per heavy atom. The van der Waals surface area contributed by atoms with Gasteiger partial charge in [0.1, 0.15) is 10.7 Å². The summed E-state index contributed by atoms with van der Waals surface area (Å²) in [6, 6.07) is 19.6. The number of hydrogen-bond acceptors (Lipinski definition) is 5. The molecule has 0 spiro atoms. The Hall–Kier alpha value is -3.53. The average Bonchev–Trinajstić information content (AvgIpc) is 3.15. The van der Waals surface area contributed by atoms with Crippen LogP contribution in [-0.4, -0.2) is 55.3 Å². The summed E-state index contributed by atoms with van der Waals surface area (Å²) in [6.07, 6.45) is 2.32. The minimum absolute atomic E-state index is 0.0864. The van der Waals surface area contributed by atoms with Gasteiger partial charge in [0.15, 0.2) is 0 Å². The molecule has 0 aliphatic carbocycles. The number of nitrogens with zero attached hydrogens (tertiary/aromatic N) is 3. The van der Waals surface area contributed by atoms with Crippen LogP contribution in [0.25, 0.3) is 10.9 Å². The summed E-state index contributed by atoms with van der Waals surface area (Å²) in [6.45, 7) is 2.91. The number of nitrogens with one attached hydrogen (secondary N) is 1. The van der Waals surface area contributed by atoms with Gasteiger partial charge in [0.05, 0.1) is 5.52 Å². The molecule has 1 aromatic heterocycles. The molecule has 196 valence electrons. The molecule has 0 unspecified atom stereocenters. The number of hydrogen-bond donors (Lipinski definition) is 1. The van der Waals surface area contributed by atoms with Crippen LogP contribution in [0.3, 0.4) is 0 Å². The number of halogens is 2. The number of pyridine rings is 1. The van der Waals surface area contributed by atoms with Crippen molar-refractivity contribution in [2.45, 2.75) is 17.9 Å². The number of rotatable bonds is 6. The Kier molecular flexibility index (Phi) is 7.60. The van der Waals surface area contributed by atoms with E-state index in [1.54, 1.807) is 71.8 Å². The smallest absolute Gasteiger partial charge is 0.264 e. The highest BCUT2D eigenvalue weighted by Gasteiger charge is 2.22. The molecule has 1 N–H and O–H groups in total. The van der Waals surface area contributed by atoms with Crippen molar-refractivity contribution in [2.24, 2.45) is 0 Å². The number of benzene rings is 3. The van der Waals surface area contributed by atoms with Crippen LogP contribution in [0.5, 0.6) is 0 Å². The molecule has 0 radical (unpaired) electrons. The predicted molar refractivity (Wildman–Crippen MR) is 146 cm³/mol. The third-order valence-electron chi connectivity index (χ3n) is 6.55. The molecule has 5 rings (SSSR count). The Morgan fingerprint density at radius 3 is 2.55 bits per heavy atom. The lowest BCUT2D eigenvalue weighted by molar-refractivity contribution is 0.0761. The lowest BCUT2D eigenvalue weighted by atomic mass is 10.2. The number of carbonyl (C=O) groups is 1. The Labute approximate surface area is 225 Å². The van der Waals surface area contributed by atoms with E-state index in [0.717, 1.165) is 18.4 Å². The van der Waals surface area contributed by atoms with E-state index in [9.17, 15) is 17.6 Å². The van der Waals surface area contributed by atoms with Gasteiger partial charge in [-0.05, 0) is 55.0 Å². The van der Waals surface area contributed by atoms with Crippen LogP contribution in [0.2, 0.25) is 5.02 Å². The quantitative estimate of drug-likeness (QED) is 0.356. The average molecular weight is 553 g/mol. The van der Waals surface area contributed by atoms with Gasteiger partial charge in [-0.2, -0.15) is 0 Å². The molecule has 0 atom stereocenters. The summed E-state index contributed by atoms with van der Waals surface area (Å²) in [5.41, 5.74) is 1.79. The maximum absolute atomic E-state index is 14.2. The Bertz CT molecular complexity index is 1580. The summed E-state index contributed by atoms with van der Waals surface area (Å²) in [4.78, 5) is 21.4. The van der Waals surface area contributed by atoms with E-state index in [0.29, 0.717) is 53.5 Å². The molecule has 10 heteroatoms. The molecule has 2 heterocycles. The topological polar surface area (TPSA) is 82.6 Å². The maximum atomic E-state index is 14.2. The minimum atomic E-state index is -3.88. The number of sulfonamides is 1. The molecule has 1 fully saturated rings. The molecule has 0 bridgehead atoms. The van der Waals surface area contributed by atoms with Gasteiger partial charge in [-0.3, -0.25) is 19.4 Å². The monoisotopic (exact) mass is 552 g/mol. The molecule has 1 saturated heterocycles. The van der Waals surface area contributed by atoms with Crippen molar-refractivity contribution in [3.63, 3.8) is 0 Å². The van der Waals surface area contributed by atoms with E-state index in [4.69, 9.17) is 11.6 Å². The van der Waals surface area contributed by atoms with Crippen LogP contribution in [0.15, 0.2) is 83.9 Å². The lowest BCUT2D eigenvalue weighted by Gasteiger charge is -2.22. The predicted octanol–water partition coefficient (Wildman–Crippen LogP) is 5.18. The zero-order valence-electron chi connectivity index (χ0n) is 20.5. The first-order valence-electron chi connectivity index (χ1n) is 12.2. The van der Waals surface area contributed by atoms with Crippen molar-refractivity contribution >= 4 is 44.1 Å². The highest BCUT2D eigenvalue weighted by molar-refractivity contribution is 7.93. The molecule has 1 aliphatic rings. The third-order valence-corrected chi connectivity index (χ3v) is 8.20. The van der Waals surface area contributed by atoms with E-state index in [1.807, 2.05) is 0 Å². The number of anilines is 1. The molecule has 4 aromatic rings. The first-order chi connectivity index (χ1) is 18.3. The van der Waals surface area contributed by atoms with Gasteiger partial charge in [0.2, 0.25) is 0 Å². The number of carbonyl (C=O) groups excluding carboxylic acids is 1. The van der Waals surface area contributed by atoms with E-state index < -0.39 is 10.0 Å². The molecule has 3 aromatic carbocycles. The van der Waals surface area contributed by atoms with Crippen molar-refractivity contribution < 1.29 is 17.6 Å². The fourth-order valence-electron chi connectivity index (χ4n) is 4.59. The molecule has 1 amide bonds. The van der Waals surface area contributed by atoms with Crippen LogP contribution >= 0.6 is 11.6 Å². The second-order valence-electron chi connectivity index (χ2n) is 9.17. The molecule has 1 aliphatic heterocycles. The molecular formula is C28H26ClFN4O3S. The molecule has 38 heavy (non-hydrogen) atoms. The highest BCUT2D eigenvalue weighted by atomic mass is 35.5. The first kappa shape index (κ1) is 26.1. The van der Waals surface area contributed by atoms with E-state index in [2.05, 4.69) is 14.6 Å². The summed E-state index contributed by atoms with van der Waals surface area (Å²) >= 11 is 5.85. The van der Waals surface area contributed by atoms with Gasteiger partial charge in [-0.15, -0.1) is 0 Å². The summed E-state index contributed by atoms with van der Waals surface area (Å²) in [5, 5.41) is 1.09. The summed E-state index contributed by atoms with van der Waals surface area (Å²) < 4.78 is 42.9. The van der Waals surface area contributed by atoms with E-state index in [-0.39, 0.29) is 16.6 Å². The van der Waals surface area contributed by atoms with Crippen LogP contribution in [0, 0.1) is 5.82 Å². The van der Waals surface area contributed by atoms with Crippen molar-refractivity contribution in [1.29, 1.82) is 0 Å². The highest BCUT2D eigenvalue weighted by Crippen LogP contribution is 2.24. The zero-order chi connectivity index (χ0) is 26.7. The largest absolute Gasteiger partial charge is 0.337 e. The van der Waals surface area contributed by atoms with Gasteiger partial charge in [-0.25, -0.2) is 12.8 Å². The second kappa shape index (κ2) is 11.1. The van der Waals surface area contributed by atoms with Crippen molar-refractivity contribution in [1.82, 2.24) is 14.8 Å². The number of aromatic nitrogens is 1. The summed E-state index contributed by atoms with van der Waals surface area (Å²) in [7, 11) is -3.88. The second-order valence-corrected chi connectivity index (χ2v) is 11.3. The Morgan fingerprint density at radius 1 is 0.974 bits per heavy atom. The van der Waals surface area contributed by atoms with Crippen molar-refractivity contribution in [3.05, 3.63) is 101 Å². The lowest BCUT2D eigenvalue weighted by Crippen LogP contribution is -2.35. The normalized spacial score (nSPS) is 14.8. The third kappa shape index (κ3) is 5.80. The first-order valence-corrected chi connectivity index (χ1v) is 14.1. The SMILES string of the molecule is O=C(c1ccc(NS(=O)(=O)c2cccc3cccnc23)cc1)N1CCCN(Cc2ccc(Cl)cc2F)CC1. The maximum Gasteiger partial charge on any atom is 0.264 e. The number of para-hydroxylation sites is 1. The fourth-order valence-corrected chi connectivity index (χ4v) is 5.99. The standard InChI is InChI=1S/C28H26ClFN4O3S/c29-23-10-7-22(25(30)18-23)19-33-14-3-15-34(17-16-33)28(35)21-8-11-24(12-9-21)32-38(36,37)26-6-1-4-20-5-2-13-31-27(20)26/h1-2,4-13,18,32H,3,14-17,19H2. The van der Waals surface area contributed by atoms with Gasteiger partial charge in [0, 0.05) is 66.1 Å². The molecule has 7 nitrogen and oxygen atoms in total.